The average molecular weight is 290 g/mol. The zero-order valence-corrected chi connectivity index (χ0v) is 12.1. The van der Waals surface area contributed by atoms with Crippen molar-refractivity contribution >= 4 is 17.6 Å². The first-order chi connectivity index (χ1) is 10.2. The van der Waals surface area contributed by atoms with Gasteiger partial charge in [-0.25, -0.2) is 0 Å². The van der Waals surface area contributed by atoms with Gasteiger partial charge >= 0.3 is 5.97 Å². The molecule has 1 aliphatic rings. The van der Waals surface area contributed by atoms with Crippen LogP contribution in [-0.2, 0) is 9.59 Å². The number of nitrogens with one attached hydrogen (secondary N) is 1. The number of hydrogen-bond donors (Lipinski definition) is 2. The number of piperidine rings is 1. The van der Waals surface area contributed by atoms with Crippen molar-refractivity contribution in [3.63, 3.8) is 0 Å². The zero-order valence-electron chi connectivity index (χ0n) is 12.1. The molecule has 5 heteroatoms. The highest BCUT2D eigenvalue weighted by atomic mass is 16.4. The number of hydrogen-bond acceptors (Lipinski definition) is 3. The number of rotatable bonds is 6. The minimum absolute atomic E-state index is 0.0225. The van der Waals surface area contributed by atoms with Crippen LogP contribution >= 0.6 is 0 Å². The quantitative estimate of drug-likeness (QED) is 0.839. The summed E-state index contributed by atoms with van der Waals surface area (Å²) in [6, 6.07) is 9.31. The average Bonchev–Trinajstić information content (AvgIpc) is 2.49. The molecule has 0 aromatic heterocycles. The fourth-order valence-corrected chi connectivity index (χ4v) is 2.66. The summed E-state index contributed by atoms with van der Waals surface area (Å²) in [4.78, 5) is 24.9. The van der Waals surface area contributed by atoms with Crippen LogP contribution in [0.3, 0.4) is 0 Å². The first-order valence-electron chi connectivity index (χ1n) is 7.44. The summed E-state index contributed by atoms with van der Waals surface area (Å²) < 4.78 is 0. The van der Waals surface area contributed by atoms with Crippen LogP contribution in [0, 0.1) is 5.92 Å². The van der Waals surface area contributed by atoms with E-state index in [1.807, 2.05) is 30.3 Å². The number of nitrogens with zero attached hydrogens (tertiary/aromatic N) is 1. The summed E-state index contributed by atoms with van der Waals surface area (Å²) in [5, 5.41) is 12.2. The van der Waals surface area contributed by atoms with Gasteiger partial charge in [-0.2, -0.15) is 0 Å². The molecule has 1 aliphatic heterocycles. The van der Waals surface area contributed by atoms with Gasteiger partial charge in [-0.15, -0.1) is 0 Å². The number of para-hydroxylation sites is 1. The van der Waals surface area contributed by atoms with Gasteiger partial charge in [-0.3, -0.25) is 9.59 Å². The molecule has 1 fully saturated rings. The van der Waals surface area contributed by atoms with Crippen LogP contribution in [0.1, 0.15) is 25.7 Å². The lowest BCUT2D eigenvalue weighted by atomic mass is 9.94. The highest BCUT2D eigenvalue weighted by Gasteiger charge is 2.22. The number of carbonyl (C=O) groups excluding carboxylic acids is 1. The second-order valence-corrected chi connectivity index (χ2v) is 5.42. The summed E-state index contributed by atoms with van der Waals surface area (Å²) in [7, 11) is 0. The summed E-state index contributed by atoms with van der Waals surface area (Å²) in [5.74, 6) is -0.463. The fourth-order valence-electron chi connectivity index (χ4n) is 2.66. The number of benzene rings is 1. The second-order valence-electron chi connectivity index (χ2n) is 5.42. The van der Waals surface area contributed by atoms with Gasteiger partial charge in [0.25, 0.3) is 0 Å². The molecule has 0 saturated carbocycles. The Kier molecular flexibility index (Phi) is 5.75. The number of carboxylic acids is 1. The van der Waals surface area contributed by atoms with E-state index in [9.17, 15) is 9.59 Å². The van der Waals surface area contributed by atoms with Crippen molar-refractivity contribution in [1.82, 2.24) is 5.32 Å². The first-order valence-corrected chi connectivity index (χ1v) is 7.44. The van der Waals surface area contributed by atoms with Crippen molar-refractivity contribution in [3.8, 4) is 0 Å². The molecule has 1 aromatic carbocycles. The summed E-state index contributed by atoms with van der Waals surface area (Å²) in [5.41, 5.74) is 0.776. The van der Waals surface area contributed by atoms with E-state index in [2.05, 4.69) is 5.32 Å². The minimum Gasteiger partial charge on any atom is -0.481 e. The number of anilines is 1. The van der Waals surface area contributed by atoms with Crippen molar-refractivity contribution in [2.75, 3.05) is 24.5 Å². The third-order valence-corrected chi connectivity index (χ3v) is 3.84. The third kappa shape index (κ3) is 4.86. The standard InChI is InChI=1S/C16H22N2O3/c19-15(12-13-6-9-17-10-7-13)18(11-8-16(20)21)14-4-2-1-3-5-14/h1-5,13,17H,6-12H2,(H,20,21). The van der Waals surface area contributed by atoms with Gasteiger partial charge < -0.3 is 15.3 Å². The molecule has 1 saturated heterocycles. The van der Waals surface area contributed by atoms with Gasteiger partial charge in [0, 0.05) is 18.7 Å². The van der Waals surface area contributed by atoms with Crippen LogP contribution in [0.5, 0.6) is 0 Å². The van der Waals surface area contributed by atoms with Gasteiger partial charge in [0.05, 0.1) is 6.42 Å². The van der Waals surface area contributed by atoms with E-state index < -0.39 is 5.97 Å². The second kappa shape index (κ2) is 7.78. The van der Waals surface area contributed by atoms with Crippen molar-refractivity contribution in [2.24, 2.45) is 5.92 Å². The first kappa shape index (κ1) is 15.5. The lowest BCUT2D eigenvalue weighted by Crippen LogP contribution is -2.36. The number of amides is 1. The smallest absolute Gasteiger partial charge is 0.305 e. The van der Waals surface area contributed by atoms with E-state index >= 15 is 0 Å². The maximum absolute atomic E-state index is 12.5. The fraction of sp³-hybridized carbons (Fsp3) is 0.500. The molecule has 1 aromatic rings. The van der Waals surface area contributed by atoms with E-state index in [0.717, 1.165) is 31.6 Å². The molecule has 21 heavy (non-hydrogen) atoms. The van der Waals surface area contributed by atoms with E-state index in [1.54, 1.807) is 4.90 Å². The lowest BCUT2D eigenvalue weighted by molar-refractivity contribution is -0.136. The van der Waals surface area contributed by atoms with Crippen molar-refractivity contribution in [2.45, 2.75) is 25.7 Å². The van der Waals surface area contributed by atoms with Gasteiger partial charge in [-0.05, 0) is 44.0 Å². The third-order valence-electron chi connectivity index (χ3n) is 3.84. The molecule has 1 heterocycles. The zero-order chi connectivity index (χ0) is 15.1. The molecule has 2 rings (SSSR count). The molecule has 1 amide bonds. The molecular formula is C16H22N2O3. The van der Waals surface area contributed by atoms with Gasteiger partial charge in [0.15, 0.2) is 0 Å². The Morgan fingerprint density at radius 3 is 2.48 bits per heavy atom. The largest absolute Gasteiger partial charge is 0.481 e. The van der Waals surface area contributed by atoms with E-state index in [1.165, 1.54) is 0 Å². The van der Waals surface area contributed by atoms with Crippen LogP contribution in [0.25, 0.3) is 0 Å². The van der Waals surface area contributed by atoms with Crippen molar-refractivity contribution in [3.05, 3.63) is 30.3 Å². The molecular weight excluding hydrogens is 268 g/mol. The van der Waals surface area contributed by atoms with Crippen molar-refractivity contribution in [1.29, 1.82) is 0 Å². The van der Waals surface area contributed by atoms with Gasteiger partial charge in [0.2, 0.25) is 5.91 Å². The minimum atomic E-state index is -0.884. The molecule has 5 nitrogen and oxygen atoms in total. The molecule has 114 valence electrons. The SMILES string of the molecule is O=C(O)CCN(C(=O)CC1CCNCC1)c1ccccc1. The Labute approximate surface area is 125 Å². The Bertz CT molecular complexity index is 470. The predicted octanol–water partition coefficient (Wildman–Crippen LogP) is 1.88. The maximum Gasteiger partial charge on any atom is 0.305 e. The number of carboxylic acid groups (broad SMARTS) is 1. The molecule has 0 unspecified atom stereocenters. The van der Waals surface area contributed by atoms with E-state index in [-0.39, 0.29) is 18.9 Å². The molecule has 0 bridgehead atoms. The summed E-state index contributed by atoms with van der Waals surface area (Å²) in [6.45, 7) is 2.14. The number of carbonyl (C=O) groups is 2. The molecule has 0 aliphatic carbocycles. The molecule has 0 atom stereocenters. The van der Waals surface area contributed by atoms with Gasteiger partial charge in [-0.1, -0.05) is 18.2 Å². The monoisotopic (exact) mass is 290 g/mol. The van der Waals surface area contributed by atoms with Crippen LogP contribution in [0.15, 0.2) is 30.3 Å². The predicted molar refractivity (Wildman–Crippen MR) is 81.3 cm³/mol. The van der Waals surface area contributed by atoms with Crippen molar-refractivity contribution < 1.29 is 14.7 Å². The summed E-state index contributed by atoms with van der Waals surface area (Å²) in [6.07, 6.45) is 2.48. The molecule has 0 radical (unpaired) electrons. The van der Waals surface area contributed by atoms with Crippen LogP contribution in [0.2, 0.25) is 0 Å². The highest BCUT2D eigenvalue weighted by Crippen LogP contribution is 2.21. The molecule has 2 N–H and O–H groups in total. The van der Waals surface area contributed by atoms with E-state index in [4.69, 9.17) is 5.11 Å². The Balaban J connectivity index is 2.02. The topological polar surface area (TPSA) is 69.6 Å². The molecule has 0 spiro atoms. The Morgan fingerprint density at radius 1 is 1.19 bits per heavy atom. The van der Waals surface area contributed by atoms with E-state index in [0.29, 0.717) is 12.3 Å². The van der Waals surface area contributed by atoms with Crippen LogP contribution < -0.4 is 10.2 Å². The number of aliphatic carboxylic acids is 1. The van der Waals surface area contributed by atoms with Gasteiger partial charge in [0.1, 0.15) is 0 Å². The normalized spacial score (nSPS) is 15.6. The maximum atomic E-state index is 12.5. The van der Waals surface area contributed by atoms with Crippen LogP contribution in [0.4, 0.5) is 5.69 Å². The lowest BCUT2D eigenvalue weighted by Gasteiger charge is -2.27. The Morgan fingerprint density at radius 2 is 1.86 bits per heavy atom. The van der Waals surface area contributed by atoms with Crippen LogP contribution in [-0.4, -0.2) is 36.6 Å². The highest BCUT2D eigenvalue weighted by molar-refractivity contribution is 5.93. The Hall–Kier alpha value is -1.88. The summed E-state index contributed by atoms with van der Waals surface area (Å²) >= 11 is 0.